The molecule has 4 heteroatoms. The zero-order valence-electron chi connectivity index (χ0n) is 13.5. The highest BCUT2D eigenvalue weighted by Crippen LogP contribution is 2.33. The molecule has 2 atom stereocenters. The Balaban J connectivity index is 1.87. The maximum absolute atomic E-state index is 12.5. The maximum atomic E-state index is 12.5. The number of ether oxygens (including phenoxy) is 1. The SMILES string of the molecule is CCCOC1(CNC(=O)[C@@H]2CCC[C@@H]2CN)CCCCC1. The van der Waals surface area contributed by atoms with Crippen LogP contribution in [0.5, 0.6) is 0 Å². The summed E-state index contributed by atoms with van der Waals surface area (Å²) in [5.41, 5.74) is 5.68. The summed E-state index contributed by atoms with van der Waals surface area (Å²) < 4.78 is 6.15. The molecule has 122 valence electrons. The summed E-state index contributed by atoms with van der Waals surface area (Å²) >= 11 is 0. The molecule has 0 heterocycles. The topological polar surface area (TPSA) is 64.3 Å². The number of carbonyl (C=O) groups is 1. The van der Waals surface area contributed by atoms with E-state index in [1.807, 2.05) is 0 Å². The fourth-order valence-corrected chi connectivity index (χ4v) is 3.93. The molecule has 2 aliphatic carbocycles. The van der Waals surface area contributed by atoms with Crippen molar-refractivity contribution in [1.29, 1.82) is 0 Å². The lowest BCUT2D eigenvalue weighted by atomic mass is 9.84. The lowest BCUT2D eigenvalue weighted by molar-refractivity contribution is -0.129. The van der Waals surface area contributed by atoms with Crippen LogP contribution in [0.25, 0.3) is 0 Å². The Hall–Kier alpha value is -0.610. The van der Waals surface area contributed by atoms with Crippen molar-refractivity contribution in [3.63, 3.8) is 0 Å². The Kier molecular flexibility index (Phi) is 6.49. The Bertz CT molecular complexity index is 327. The second-order valence-electron chi connectivity index (χ2n) is 6.84. The molecule has 0 spiro atoms. The summed E-state index contributed by atoms with van der Waals surface area (Å²) in [6.45, 7) is 4.25. The molecule has 0 aromatic carbocycles. The highest BCUT2D eigenvalue weighted by molar-refractivity contribution is 5.79. The smallest absolute Gasteiger partial charge is 0.223 e. The van der Waals surface area contributed by atoms with E-state index >= 15 is 0 Å². The molecule has 0 saturated heterocycles. The second-order valence-corrected chi connectivity index (χ2v) is 6.84. The fourth-order valence-electron chi connectivity index (χ4n) is 3.93. The molecule has 0 bridgehead atoms. The van der Waals surface area contributed by atoms with Gasteiger partial charge in [-0.2, -0.15) is 0 Å². The molecule has 0 aromatic heterocycles. The van der Waals surface area contributed by atoms with E-state index in [0.717, 1.165) is 45.1 Å². The van der Waals surface area contributed by atoms with Crippen LogP contribution in [0.4, 0.5) is 0 Å². The van der Waals surface area contributed by atoms with E-state index in [1.54, 1.807) is 0 Å². The van der Waals surface area contributed by atoms with E-state index in [2.05, 4.69) is 12.2 Å². The van der Waals surface area contributed by atoms with Crippen molar-refractivity contribution in [3.8, 4) is 0 Å². The zero-order valence-corrected chi connectivity index (χ0v) is 13.5. The highest BCUT2D eigenvalue weighted by atomic mass is 16.5. The standard InChI is InChI=1S/C17H32N2O2/c1-2-11-21-17(9-4-3-5-10-17)13-19-16(20)15-8-6-7-14(15)12-18/h14-15H,2-13,18H2,1H3,(H,19,20)/t14-,15-/m1/s1. The van der Waals surface area contributed by atoms with Gasteiger partial charge < -0.3 is 15.8 Å². The average molecular weight is 296 g/mol. The molecule has 2 fully saturated rings. The van der Waals surface area contributed by atoms with Gasteiger partial charge in [-0.1, -0.05) is 32.6 Å². The van der Waals surface area contributed by atoms with Crippen LogP contribution in [0.1, 0.15) is 64.7 Å². The van der Waals surface area contributed by atoms with Gasteiger partial charge in [-0.05, 0) is 44.6 Å². The minimum atomic E-state index is -0.110. The van der Waals surface area contributed by atoms with Crippen molar-refractivity contribution < 1.29 is 9.53 Å². The molecule has 4 nitrogen and oxygen atoms in total. The first-order valence-electron chi connectivity index (χ1n) is 8.82. The third kappa shape index (κ3) is 4.43. The number of nitrogens with one attached hydrogen (secondary N) is 1. The van der Waals surface area contributed by atoms with Gasteiger partial charge in [0.25, 0.3) is 0 Å². The minimum absolute atomic E-state index is 0.110. The Morgan fingerprint density at radius 2 is 2.00 bits per heavy atom. The third-order valence-electron chi connectivity index (χ3n) is 5.26. The van der Waals surface area contributed by atoms with Crippen LogP contribution in [0.15, 0.2) is 0 Å². The molecule has 2 rings (SSSR count). The molecule has 1 amide bonds. The Morgan fingerprint density at radius 3 is 2.67 bits per heavy atom. The van der Waals surface area contributed by atoms with E-state index < -0.39 is 0 Å². The van der Waals surface area contributed by atoms with Crippen LogP contribution in [-0.4, -0.2) is 31.2 Å². The number of hydrogen-bond acceptors (Lipinski definition) is 3. The molecule has 3 N–H and O–H groups in total. The molecule has 2 saturated carbocycles. The monoisotopic (exact) mass is 296 g/mol. The van der Waals surface area contributed by atoms with E-state index in [0.29, 0.717) is 19.0 Å². The summed E-state index contributed by atoms with van der Waals surface area (Å²) in [5.74, 6) is 0.707. The third-order valence-corrected chi connectivity index (χ3v) is 5.26. The van der Waals surface area contributed by atoms with E-state index in [1.165, 1.54) is 19.3 Å². The number of amides is 1. The zero-order chi connectivity index (χ0) is 15.1. The number of rotatable bonds is 7. The van der Waals surface area contributed by atoms with Gasteiger partial charge in [-0.15, -0.1) is 0 Å². The van der Waals surface area contributed by atoms with Crippen LogP contribution in [0, 0.1) is 11.8 Å². The van der Waals surface area contributed by atoms with Gasteiger partial charge in [0.15, 0.2) is 0 Å². The fraction of sp³-hybridized carbons (Fsp3) is 0.941. The second kappa shape index (κ2) is 8.14. The number of hydrogen-bond donors (Lipinski definition) is 2. The van der Waals surface area contributed by atoms with Gasteiger partial charge in [0, 0.05) is 19.1 Å². The molecule has 2 aliphatic rings. The summed E-state index contributed by atoms with van der Waals surface area (Å²) in [6.07, 6.45) is 10.2. The van der Waals surface area contributed by atoms with Gasteiger partial charge in [0.1, 0.15) is 0 Å². The predicted molar refractivity (Wildman–Crippen MR) is 85.0 cm³/mol. The van der Waals surface area contributed by atoms with Gasteiger partial charge in [-0.25, -0.2) is 0 Å². The van der Waals surface area contributed by atoms with Gasteiger partial charge in [-0.3, -0.25) is 4.79 Å². The van der Waals surface area contributed by atoms with Crippen molar-refractivity contribution in [2.24, 2.45) is 17.6 Å². The first-order valence-corrected chi connectivity index (χ1v) is 8.82. The van der Waals surface area contributed by atoms with Crippen LogP contribution in [0.2, 0.25) is 0 Å². The van der Waals surface area contributed by atoms with Crippen molar-refractivity contribution >= 4 is 5.91 Å². The highest BCUT2D eigenvalue weighted by Gasteiger charge is 2.36. The van der Waals surface area contributed by atoms with Gasteiger partial charge in [0.05, 0.1) is 5.60 Å². The molecule has 0 radical (unpaired) electrons. The van der Waals surface area contributed by atoms with E-state index in [9.17, 15) is 4.79 Å². The molecule has 0 aliphatic heterocycles. The lowest BCUT2D eigenvalue weighted by Crippen LogP contribution is -2.48. The van der Waals surface area contributed by atoms with Crippen molar-refractivity contribution in [2.75, 3.05) is 19.7 Å². The lowest BCUT2D eigenvalue weighted by Gasteiger charge is -2.37. The predicted octanol–water partition coefficient (Wildman–Crippen LogP) is 2.61. The molecular formula is C17H32N2O2. The van der Waals surface area contributed by atoms with Crippen LogP contribution in [-0.2, 0) is 9.53 Å². The number of carbonyl (C=O) groups excluding carboxylic acids is 1. The van der Waals surface area contributed by atoms with Crippen LogP contribution < -0.4 is 11.1 Å². The van der Waals surface area contributed by atoms with Crippen molar-refractivity contribution in [3.05, 3.63) is 0 Å². The van der Waals surface area contributed by atoms with Crippen LogP contribution in [0.3, 0.4) is 0 Å². The normalized spacial score (nSPS) is 28.5. The first kappa shape index (κ1) is 16.8. The van der Waals surface area contributed by atoms with E-state index in [4.69, 9.17) is 10.5 Å². The molecule has 0 aromatic rings. The van der Waals surface area contributed by atoms with Gasteiger partial charge >= 0.3 is 0 Å². The molecular weight excluding hydrogens is 264 g/mol. The van der Waals surface area contributed by atoms with Crippen molar-refractivity contribution in [1.82, 2.24) is 5.32 Å². The number of nitrogens with two attached hydrogens (primary N) is 1. The first-order chi connectivity index (χ1) is 10.2. The quantitative estimate of drug-likeness (QED) is 0.759. The van der Waals surface area contributed by atoms with E-state index in [-0.39, 0.29) is 17.4 Å². The summed E-state index contributed by atoms with van der Waals surface area (Å²) in [5, 5.41) is 3.19. The molecule has 0 unspecified atom stereocenters. The molecule has 21 heavy (non-hydrogen) atoms. The Labute approximate surface area is 129 Å². The maximum Gasteiger partial charge on any atom is 0.223 e. The van der Waals surface area contributed by atoms with Crippen LogP contribution >= 0.6 is 0 Å². The summed E-state index contributed by atoms with van der Waals surface area (Å²) in [7, 11) is 0. The summed E-state index contributed by atoms with van der Waals surface area (Å²) in [6, 6.07) is 0. The largest absolute Gasteiger partial charge is 0.373 e. The summed E-state index contributed by atoms with van der Waals surface area (Å²) in [4.78, 5) is 12.5. The minimum Gasteiger partial charge on any atom is -0.373 e. The average Bonchev–Trinajstić information content (AvgIpc) is 3.00. The Morgan fingerprint density at radius 1 is 1.24 bits per heavy atom. The van der Waals surface area contributed by atoms with Crippen molar-refractivity contribution in [2.45, 2.75) is 70.3 Å². The van der Waals surface area contributed by atoms with Gasteiger partial charge in [0.2, 0.25) is 5.91 Å².